The number of piperidine rings is 1. The van der Waals surface area contributed by atoms with Gasteiger partial charge in [-0.3, -0.25) is 9.59 Å². The third-order valence-corrected chi connectivity index (χ3v) is 7.79. The summed E-state index contributed by atoms with van der Waals surface area (Å²) in [6.07, 6.45) is 4.28. The first-order chi connectivity index (χ1) is 13.7. The number of amides is 1. The second kappa shape index (κ2) is 8.96. The average molecular weight is 421 g/mol. The Morgan fingerprint density at radius 3 is 2.34 bits per heavy atom. The lowest BCUT2D eigenvalue weighted by molar-refractivity contribution is -0.137. The van der Waals surface area contributed by atoms with Crippen LogP contribution in [0.5, 0.6) is 0 Å². The van der Waals surface area contributed by atoms with Crippen molar-refractivity contribution in [2.75, 3.05) is 19.6 Å². The molecule has 0 bridgehead atoms. The maximum absolute atomic E-state index is 13.1. The van der Waals surface area contributed by atoms with Crippen molar-refractivity contribution in [3.8, 4) is 0 Å². The number of rotatable bonds is 8. The summed E-state index contributed by atoms with van der Waals surface area (Å²) < 4.78 is 27.4. The zero-order chi connectivity index (χ0) is 21.2. The van der Waals surface area contributed by atoms with Crippen LogP contribution in [0.3, 0.4) is 0 Å². The molecule has 0 unspecified atom stereocenters. The van der Waals surface area contributed by atoms with Crippen molar-refractivity contribution >= 4 is 21.7 Å². The van der Waals surface area contributed by atoms with Crippen LogP contribution in [0, 0.1) is 11.8 Å². The van der Waals surface area contributed by atoms with Gasteiger partial charge in [-0.05, 0) is 57.1 Å². The quantitative estimate of drug-likeness (QED) is 0.605. The smallest absolute Gasteiger partial charge is 0.243 e. The molecule has 0 aromatic heterocycles. The highest BCUT2D eigenvalue weighted by atomic mass is 32.2. The minimum Gasteiger partial charge on any atom is -0.339 e. The normalized spacial score (nSPS) is 18.8. The van der Waals surface area contributed by atoms with Gasteiger partial charge in [0.25, 0.3) is 0 Å². The Kier molecular flexibility index (Phi) is 6.79. The molecule has 6 nitrogen and oxygen atoms in total. The molecular weight excluding hydrogens is 388 g/mol. The Morgan fingerprint density at radius 2 is 1.79 bits per heavy atom. The largest absolute Gasteiger partial charge is 0.339 e. The lowest BCUT2D eigenvalue weighted by Crippen LogP contribution is -2.45. The maximum atomic E-state index is 13.1. The summed E-state index contributed by atoms with van der Waals surface area (Å²) >= 11 is 0. The summed E-state index contributed by atoms with van der Waals surface area (Å²) in [4.78, 5) is 26.8. The molecule has 1 aromatic carbocycles. The van der Waals surface area contributed by atoms with Crippen molar-refractivity contribution in [1.82, 2.24) is 9.21 Å². The van der Waals surface area contributed by atoms with E-state index in [1.807, 2.05) is 4.90 Å². The van der Waals surface area contributed by atoms with E-state index < -0.39 is 10.0 Å². The zero-order valence-electron chi connectivity index (χ0n) is 17.6. The fourth-order valence-corrected chi connectivity index (χ4v) is 5.37. The summed E-state index contributed by atoms with van der Waals surface area (Å²) in [5.74, 6) is 0.497. The van der Waals surface area contributed by atoms with Crippen molar-refractivity contribution in [3.05, 3.63) is 29.8 Å². The first kappa shape index (κ1) is 22.0. The van der Waals surface area contributed by atoms with Gasteiger partial charge in [-0.2, -0.15) is 4.31 Å². The van der Waals surface area contributed by atoms with Gasteiger partial charge in [0.2, 0.25) is 15.9 Å². The summed E-state index contributed by atoms with van der Waals surface area (Å²) in [6.45, 7) is 7.24. The van der Waals surface area contributed by atoms with Crippen molar-refractivity contribution in [1.29, 1.82) is 0 Å². The number of carbonyl (C=O) groups is 2. The van der Waals surface area contributed by atoms with E-state index in [1.54, 1.807) is 12.1 Å². The number of carbonyl (C=O) groups excluding carboxylic acids is 2. The number of Topliss-reactive ketones (excluding diaryl/α,β-unsaturated/α-hetero) is 1. The molecule has 160 valence electrons. The number of hydrogen-bond donors (Lipinski definition) is 0. The monoisotopic (exact) mass is 420 g/mol. The molecule has 2 aliphatic rings. The van der Waals surface area contributed by atoms with Gasteiger partial charge >= 0.3 is 0 Å². The predicted octanol–water partition coefficient (Wildman–Crippen LogP) is 3.33. The fourth-order valence-electron chi connectivity index (χ4n) is 3.86. The molecule has 1 aromatic rings. The molecule has 0 atom stereocenters. The zero-order valence-corrected chi connectivity index (χ0v) is 18.5. The van der Waals surface area contributed by atoms with E-state index in [0.29, 0.717) is 43.5 Å². The molecular formula is C22H32N2O4S. The Bertz CT molecular complexity index is 853. The predicted molar refractivity (Wildman–Crippen MR) is 112 cm³/mol. The molecule has 1 aliphatic heterocycles. The summed E-state index contributed by atoms with van der Waals surface area (Å²) in [7, 11) is -3.66. The molecule has 1 saturated heterocycles. The van der Waals surface area contributed by atoms with Gasteiger partial charge in [0, 0.05) is 37.2 Å². The molecule has 2 fully saturated rings. The van der Waals surface area contributed by atoms with E-state index in [2.05, 4.69) is 13.8 Å². The molecule has 0 spiro atoms. The van der Waals surface area contributed by atoms with Crippen molar-refractivity contribution in [3.63, 3.8) is 0 Å². The van der Waals surface area contributed by atoms with Crippen molar-refractivity contribution in [2.24, 2.45) is 11.8 Å². The molecule has 1 heterocycles. The van der Waals surface area contributed by atoms with Crippen LogP contribution in [0.25, 0.3) is 0 Å². The SMILES string of the molecule is CC(=O)c1cccc(S(=O)(=O)N2CCC(C(=O)N(CCC(C)C)C3CC3)CC2)c1. The lowest BCUT2D eigenvalue weighted by Gasteiger charge is -2.34. The molecule has 7 heteroatoms. The van der Waals surface area contributed by atoms with E-state index in [0.717, 1.165) is 25.8 Å². The highest BCUT2D eigenvalue weighted by Gasteiger charge is 2.38. The van der Waals surface area contributed by atoms with Crippen molar-refractivity contribution in [2.45, 2.75) is 63.8 Å². The topological polar surface area (TPSA) is 74.8 Å². The van der Waals surface area contributed by atoms with Gasteiger partial charge in [0.15, 0.2) is 5.78 Å². The van der Waals surface area contributed by atoms with Gasteiger partial charge in [-0.25, -0.2) is 8.42 Å². The molecule has 1 aliphatic carbocycles. The number of hydrogen-bond acceptors (Lipinski definition) is 4. The lowest BCUT2D eigenvalue weighted by atomic mass is 9.96. The van der Waals surface area contributed by atoms with Gasteiger partial charge in [0.05, 0.1) is 4.90 Å². The van der Waals surface area contributed by atoms with E-state index >= 15 is 0 Å². The van der Waals surface area contributed by atoms with E-state index in [-0.39, 0.29) is 22.5 Å². The van der Waals surface area contributed by atoms with Crippen LogP contribution in [0.1, 0.15) is 63.2 Å². The Hall–Kier alpha value is -1.73. The Labute approximate surface area is 174 Å². The van der Waals surface area contributed by atoms with Gasteiger partial charge in [-0.1, -0.05) is 26.0 Å². The van der Waals surface area contributed by atoms with Gasteiger partial charge in [0.1, 0.15) is 0 Å². The molecule has 3 rings (SSSR count). The Morgan fingerprint density at radius 1 is 1.14 bits per heavy atom. The highest BCUT2D eigenvalue weighted by molar-refractivity contribution is 7.89. The minimum atomic E-state index is -3.66. The van der Waals surface area contributed by atoms with Crippen molar-refractivity contribution < 1.29 is 18.0 Å². The van der Waals surface area contributed by atoms with Crippen LogP contribution in [0.4, 0.5) is 0 Å². The second-order valence-electron chi connectivity index (χ2n) is 8.71. The molecule has 1 saturated carbocycles. The van der Waals surface area contributed by atoms with Crippen LogP contribution >= 0.6 is 0 Å². The third-order valence-electron chi connectivity index (χ3n) is 5.90. The summed E-state index contributed by atoms with van der Waals surface area (Å²) in [5, 5.41) is 0. The molecule has 29 heavy (non-hydrogen) atoms. The van der Waals surface area contributed by atoms with Gasteiger partial charge < -0.3 is 4.90 Å². The number of ketones is 1. The van der Waals surface area contributed by atoms with Gasteiger partial charge in [-0.15, -0.1) is 0 Å². The fraction of sp³-hybridized carbons (Fsp3) is 0.636. The second-order valence-corrected chi connectivity index (χ2v) is 10.6. The minimum absolute atomic E-state index is 0.0993. The number of sulfonamides is 1. The third kappa shape index (κ3) is 5.25. The number of benzene rings is 1. The first-order valence-electron chi connectivity index (χ1n) is 10.6. The summed E-state index contributed by atoms with van der Waals surface area (Å²) in [6, 6.07) is 6.57. The molecule has 1 amide bonds. The number of nitrogens with zero attached hydrogens (tertiary/aromatic N) is 2. The van der Waals surface area contributed by atoms with Crippen LogP contribution in [0.15, 0.2) is 29.2 Å². The Balaban J connectivity index is 1.64. The maximum Gasteiger partial charge on any atom is 0.243 e. The standard InChI is InChI=1S/C22H32N2O4S/c1-16(2)9-14-24(20-7-8-20)22(26)18-10-12-23(13-11-18)29(27,28)21-6-4-5-19(15-21)17(3)25/h4-6,15-16,18,20H,7-14H2,1-3H3. The van der Waals surface area contributed by atoms with E-state index in [9.17, 15) is 18.0 Å². The average Bonchev–Trinajstić information content (AvgIpc) is 3.53. The molecule has 0 N–H and O–H groups in total. The van der Waals surface area contributed by atoms with E-state index in [1.165, 1.54) is 23.4 Å². The van der Waals surface area contributed by atoms with E-state index in [4.69, 9.17) is 0 Å². The molecule has 0 radical (unpaired) electrons. The van der Waals surface area contributed by atoms with Crippen LogP contribution in [-0.4, -0.2) is 55.0 Å². The summed E-state index contributed by atoms with van der Waals surface area (Å²) in [5.41, 5.74) is 0.390. The first-order valence-corrected chi connectivity index (χ1v) is 12.1. The van der Waals surface area contributed by atoms with Crippen LogP contribution in [-0.2, 0) is 14.8 Å². The highest BCUT2D eigenvalue weighted by Crippen LogP contribution is 2.32. The van der Waals surface area contributed by atoms with Crippen LogP contribution < -0.4 is 0 Å². The van der Waals surface area contributed by atoms with Crippen LogP contribution in [0.2, 0.25) is 0 Å².